The minimum Gasteiger partial charge on any atom is -0.545 e. The highest BCUT2D eigenvalue weighted by molar-refractivity contribution is 6.39. The van der Waals surface area contributed by atoms with Gasteiger partial charge in [0.15, 0.2) is 11.5 Å². The number of carbonyl (C=O) groups excluding carboxylic acids is 4. The number of aromatic carboxylic acids is 1. The number of nitrogens with one attached hydrogen (secondary N) is 1. The number of methoxy groups -OCH3 is 1. The van der Waals surface area contributed by atoms with Crippen molar-refractivity contribution in [3.63, 3.8) is 0 Å². The Morgan fingerprint density at radius 2 is 1.78 bits per heavy atom. The second kappa shape index (κ2) is 10.1. The predicted octanol–water partition coefficient (Wildman–Crippen LogP) is 2.61. The molecule has 3 aromatic carbocycles. The van der Waals surface area contributed by atoms with Crippen molar-refractivity contribution >= 4 is 35.6 Å². The third kappa shape index (κ3) is 4.95. The van der Waals surface area contributed by atoms with E-state index >= 15 is 0 Å². The monoisotopic (exact) mass is 485 g/mol. The molecule has 1 fully saturated rings. The number of carboxylic acid groups (broad SMARTS) is 1. The van der Waals surface area contributed by atoms with Gasteiger partial charge >= 0.3 is 6.03 Å². The molecule has 3 aromatic rings. The van der Waals surface area contributed by atoms with E-state index < -0.39 is 23.8 Å². The van der Waals surface area contributed by atoms with Crippen LogP contribution in [0.5, 0.6) is 11.5 Å². The lowest BCUT2D eigenvalue weighted by Gasteiger charge is -2.27. The molecule has 1 saturated heterocycles. The Morgan fingerprint density at radius 3 is 2.50 bits per heavy atom. The third-order valence-electron chi connectivity index (χ3n) is 5.51. The first-order valence-corrected chi connectivity index (χ1v) is 10.9. The van der Waals surface area contributed by atoms with Crippen molar-refractivity contribution in [2.24, 2.45) is 0 Å². The van der Waals surface area contributed by atoms with Crippen LogP contribution < -0.4 is 24.8 Å². The lowest BCUT2D eigenvalue weighted by molar-refractivity contribution is -0.255. The summed E-state index contributed by atoms with van der Waals surface area (Å²) in [4.78, 5) is 50.0. The summed E-state index contributed by atoms with van der Waals surface area (Å²) >= 11 is 0. The first-order valence-electron chi connectivity index (χ1n) is 10.9. The topological polar surface area (TPSA) is 125 Å². The Morgan fingerprint density at radius 1 is 1.00 bits per heavy atom. The predicted molar refractivity (Wildman–Crippen MR) is 128 cm³/mol. The lowest BCUT2D eigenvalue weighted by Crippen LogP contribution is -2.54. The van der Waals surface area contributed by atoms with Crippen molar-refractivity contribution in [3.05, 3.63) is 94.6 Å². The number of anilines is 1. The van der Waals surface area contributed by atoms with Crippen LogP contribution in [0.25, 0.3) is 6.08 Å². The molecule has 0 radical (unpaired) electrons. The average Bonchev–Trinajstić information content (AvgIpc) is 2.86. The number of ether oxygens (including phenoxy) is 2. The van der Waals surface area contributed by atoms with Crippen LogP contribution in [0, 0.1) is 6.92 Å². The van der Waals surface area contributed by atoms with Gasteiger partial charge in [0.25, 0.3) is 11.8 Å². The minimum absolute atomic E-state index is 0.0404. The van der Waals surface area contributed by atoms with Crippen molar-refractivity contribution < 1.29 is 33.8 Å². The molecule has 1 heterocycles. The highest BCUT2D eigenvalue weighted by Gasteiger charge is 2.37. The third-order valence-corrected chi connectivity index (χ3v) is 5.51. The van der Waals surface area contributed by atoms with Gasteiger partial charge in [0.2, 0.25) is 0 Å². The van der Waals surface area contributed by atoms with Crippen LogP contribution in [0.4, 0.5) is 10.5 Å². The largest absolute Gasteiger partial charge is 0.545 e. The fourth-order valence-corrected chi connectivity index (χ4v) is 3.70. The van der Waals surface area contributed by atoms with Gasteiger partial charge in [-0.15, -0.1) is 0 Å². The molecule has 1 aliphatic rings. The van der Waals surface area contributed by atoms with E-state index in [4.69, 9.17) is 9.47 Å². The van der Waals surface area contributed by atoms with Crippen LogP contribution in [0.2, 0.25) is 0 Å². The second-order valence-corrected chi connectivity index (χ2v) is 7.93. The number of hydrogen-bond acceptors (Lipinski definition) is 7. The number of para-hydroxylation sites is 1. The van der Waals surface area contributed by atoms with Crippen molar-refractivity contribution in [2.45, 2.75) is 13.5 Å². The van der Waals surface area contributed by atoms with Crippen LogP contribution in [0.3, 0.4) is 0 Å². The van der Waals surface area contributed by atoms with Gasteiger partial charge in [0, 0.05) is 0 Å². The number of amides is 4. The number of aryl methyl sites for hydroxylation is 1. The molecule has 0 atom stereocenters. The van der Waals surface area contributed by atoms with E-state index in [1.165, 1.54) is 25.3 Å². The SMILES string of the molecule is COc1cc(/C=C2\C(=O)NC(=O)N(c3ccccc3C)C2=O)ccc1OCc1cccc(C(=O)[O-])c1. The molecule has 1 N–H and O–H groups in total. The number of rotatable bonds is 7. The maximum atomic E-state index is 13.1. The molecule has 1 aliphatic heterocycles. The molecule has 182 valence electrons. The van der Waals surface area contributed by atoms with Gasteiger partial charge in [-0.2, -0.15) is 0 Å². The number of benzene rings is 3. The standard InChI is InChI=1S/C27H22N2O7/c1-16-6-3-4-9-21(16)29-25(31)20(24(30)28-27(29)34)13-17-10-11-22(23(14-17)35-2)36-15-18-7-5-8-19(12-18)26(32)33/h3-14H,15H2,1-2H3,(H,32,33)(H,28,30,34)/p-1/b20-13+. The smallest absolute Gasteiger partial charge is 0.335 e. The molecule has 36 heavy (non-hydrogen) atoms. The Bertz CT molecular complexity index is 1410. The molecule has 0 aromatic heterocycles. The van der Waals surface area contributed by atoms with E-state index in [1.807, 2.05) is 0 Å². The van der Waals surface area contributed by atoms with E-state index in [0.29, 0.717) is 33.9 Å². The van der Waals surface area contributed by atoms with Gasteiger partial charge in [0.05, 0.1) is 18.8 Å². The first-order chi connectivity index (χ1) is 17.3. The summed E-state index contributed by atoms with van der Waals surface area (Å²) in [5.41, 5.74) is 1.99. The molecule has 4 rings (SSSR count). The molecule has 0 saturated carbocycles. The molecule has 0 unspecified atom stereocenters. The van der Waals surface area contributed by atoms with E-state index in [0.717, 1.165) is 4.90 Å². The molecule has 9 nitrogen and oxygen atoms in total. The Balaban J connectivity index is 1.59. The van der Waals surface area contributed by atoms with Gasteiger partial charge in [-0.25, -0.2) is 9.69 Å². The lowest BCUT2D eigenvalue weighted by atomic mass is 10.1. The molecule has 4 amide bonds. The number of hydrogen-bond donors (Lipinski definition) is 1. The zero-order valence-electron chi connectivity index (χ0n) is 19.4. The highest BCUT2D eigenvalue weighted by atomic mass is 16.5. The summed E-state index contributed by atoms with van der Waals surface area (Å²) in [6.07, 6.45) is 1.37. The number of barbiturate groups is 1. The van der Waals surface area contributed by atoms with Crippen molar-refractivity contribution in [3.8, 4) is 11.5 Å². The maximum Gasteiger partial charge on any atom is 0.335 e. The van der Waals surface area contributed by atoms with Crippen LogP contribution in [-0.4, -0.2) is 30.9 Å². The second-order valence-electron chi connectivity index (χ2n) is 7.93. The average molecular weight is 485 g/mol. The van der Waals surface area contributed by atoms with Gasteiger partial charge in [-0.05, 0) is 59.5 Å². The van der Waals surface area contributed by atoms with E-state index in [1.54, 1.807) is 61.5 Å². The molecule has 9 heteroatoms. The summed E-state index contributed by atoms with van der Waals surface area (Å²) in [5, 5.41) is 13.3. The van der Waals surface area contributed by atoms with Crippen molar-refractivity contribution in [1.82, 2.24) is 5.32 Å². The van der Waals surface area contributed by atoms with E-state index in [9.17, 15) is 24.3 Å². The van der Waals surface area contributed by atoms with E-state index in [2.05, 4.69) is 5.32 Å². The quantitative estimate of drug-likeness (QED) is 0.403. The number of carbonyl (C=O) groups is 4. The van der Waals surface area contributed by atoms with Crippen LogP contribution in [-0.2, 0) is 16.2 Å². The molecule has 0 bridgehead atoms. The van der Waals surface area contributed by atoms with Gasteiger partial charge in [-0.1, -0.05) is 42.5 Å². The van der Waals surface area contributed by atoms with Gasteiger partial charge in [-0.3, -0.25) is 14.9 Å². The molecular weight excluding hydrogens is 464 g/mol. The molecule has 0 aliphatic carbocycles. The first kappa shape index (κ1) is 24.2. The van der Waals surface area contributed by atoms with E-state index in [-0.39, 0.29) is 17.7 Å². The number of carboxylic acids is 1. The van der Waals surface area contributed by atoms with Crippen molar-refractivity contribution in [2.75, 3.05) is 12.0 Å². The van der Waals surface area contributed by atoms with Crippen LogP contribution in [0.1, 0.15) is 27.0 Å². The zero-order valence-corrected chi connectivity index (χ0v) is 19.4. The van der Waals surface area contributed by atoms with Gasteiger partial charge in [0.1, 0.15) is 12.2 Å². The fourth-order valence-electron chi connectivity index (χ4n) is 3.70. The van der Waals surface area contributed by atoms with Gasteiger partial charge < -0.3 is 19.4 Å². The minimum atomic E-state index is -1.28. The number of imide groups is 2. The normalized spacial score (nSPS) is 14.6. The zero-order chi connectivity index (χ0) is 25.8. The van der Waals surface area contributed by atoms with Crippen LogP contribution >= 0.6 is 0 Å². The summed E-state index contributed by atoms with van der Waals surface area (Å²) in [5.74, 6) is -2.13. The number of urea groups is 1. The Hall–Kier alpha value is -4.92. The summed E-state index contributed by atoms with van der Waals surface area (Å²) in [6.45, 7) is 1.83. The maximum absolute atomic E-state index is 13.1. The molecular formula is C27H21N2O7-. The Kier molecular flexibility index (Phi) is 6.82. The molecule has 0 spiro atoms. The summed E-state index contributed by atoms with van der Waals surface area (Å²) < 4.78 is 11.2. The summed E-state index contributed by atoms with van der Waals surface area (Å²) in [7, 11) is 1.44. The fraction of sp³-hybridized carbons (Fsp3) is 0.111. The summed E-state index contributed by atoms with van der Waals surface area (Å²) in [6, 6.07) is 17.0. The number of nitrogens with zero attached hydrogens (tertiary/aromatic N) is 1. The van der Waals surface area contributed by atoms with Crippen molar-refractivity contribution in [1.29, 1.82) is 0 Å². The van der Waals surface area contributed by atoms with Crippen LogP contribution in [0.15, 0.2) is 72.3 Å². The Labute approximate surface area is 206 Å². The highest BCUT2D eigenvalue weighted by Crippen LogP contribution is 2.31.